The summed E-state index contributed by atoms with van der Waals surface area (Å²) < 4.78 is 2.06. The van der Waals surface area contributed by atoms with E-state index in [-0.39, 0.29) is 6.42 Å². The fourth-order valence-corrected chi connectivity index (χ4v) is 2.12. The van der Waals surface area contributed by atoms with Crippen molar-refractivity contribution in [2.24, 2.45) is 0 Å². The summed E-state index contributed by atoms with van der Waals surface area (Å²) in [5.41, 5.74) is 3.18. The molecular weight excluding hydrogens is 202 g/mol. The van der Waals surface area contributed by atoms with E-state index in [4.69, 9.17) is 5.11 Å². The van der Waals surface area contributed by atoms with Crippen LogP contribution in [0.2, 0.25) is 0 Å². The molecule has 1 N–H and O–H groups in total. The third-order valence-electron chi connectivity index (χ3n) is 2.79. The molecule has 0 fully saturated rings. The van der Waals surface area contributed by atoms with Gasteiger partial charge in [0.2, 0.25) is 0 Å². The second-order valence-electron chi connectivity index (χ2n) is 4.01. The summed E-state index contributed by atoms with van der Waals surface area (Å²) in [7, 11) is 0. The van der Waals surface area contributed by atoms with Crippen LogP contribution in [0.1, 0.15) is 18.2 Å². The average molecular weight is 217 g/mol. The Balaban J connectivity index is 2.61. The molecule has 0 saturated heterocycles. The molecule has 0 aliphatic carbocycles. The van der Waals surface area contributed by atoms with Gasteiger partial charge >= 0.3 is 5.97 Å². The van der Waals surface area contributed by atoms with E-state index in [1.54, 1.807) is 0 Å². The molecule has 0 radical (unpaired) electrons. The summed E-state index contributed by atoms with van der Waals surface area (Å²) in [6.07, 6.45) is 0.0849. The Bertz CT molecular complexity index is 540. The molecule has 16 heavy (non-hydrogen) atoms. The smallest absolute Gasteiger partial charge is 0.309 e. The van der Waals surface area contributed by atoms with Gasteiger partial charge in [-0.3, -0.25) is 4.79 Å². The van der Waals surface area contributed by atoms with Crippen molar-refractivity contribution in [3.05, 3.63) is 35.5 Å². The van der Waals surface area contributed by atoms with Gasteiger partial charge in [0.1, 0.15) is 0 Å². The molecular formula is C13H15NO2. The van der Waals surface area contributed by atoms with E-state index in [0.717, 1.165) is 23.1 Å². The summed E-state index contributed by atoms with van der Waals surface area (Å²) in [6, 6.07) is 8.17. The molecule has 0 amide bonds. The van der Waals surface area contributed by atoms with Crippen LogP contribution in [-0.2, 0) is 17.8 Å². The van der Waals surface area contributed by atoms with Gasteiger partial charge in [0.25, 0.3) is 0 Å². The van der Waals surface area contributed by atoms with E-state index in [2.05, 4.69) is 22.8 Å². The molecule has 1 heterocycles. The van der Waals surface area contributed by atoms with Crippen molar-refractivity contribution in [2.45, 2.75) is 26.8 Å². The number of hydrogen-bond acceptors (Lipinski definition) is 1. The highest BCUT2D eigenvalue weighted by Gasteiger charge is 2.10. The van der Waals surface area contributed by atoms with Crippen LogP contribution in [0.3, 0.4) is 0 Å². The summed E-state index contributed by atoms with van der Waals surface area (Å²) in [5, 5.41) is 9.98. The van der Waals surface area contributed by atoms with E-state index in [0.29, 0.717) is 0 Å². The lowest BCUT2D eigenvalue weighted by molar-refractivity contribution is -0.136. The predicted octanol–water partition coefficient (Wildman–Crippen LogP) is 2.60. The number of aromatic nitrogens is 1. The Hall–Kier alpha value is -1.77. The molecule has 0 bridgehead atoms. The third kappa shape index (κ3) is 1.81. The zero-order chi connectivity index (χ0) is 11.7. The van der Waals surface area contributed by atoms with Gasteiger partial charge in [-0.1, -0.05) is 11.6 Å². The van der Waals surface area contributed by atoms with E-state index in [1.807, 2.05) is 19.9 Å². The summed E-state index contributed by atoms with van der Waals surface area (Å²) in [4.78, 5) is 10.8. The van der Waals surface area contributed by atoms with E-state index in [1.165, 1.54) is 5.56 Å². The molecule has 3 heteroatoms. The normalized spacial score (nSPS) is 10.9. The van der Waals surface area contributed by atoms with Gasteiger partial charge in [-0.25, -0.2) is 0 Å². The van der Waals surface area contributed by atoms with Crippen LogP contribution in [0, 0.1) is 6.92 Å². The summed E-state index contributed by atoms with van der Waals surface area (Å²) in [5.74, 6) is -0.783. The first kappa shape index (κ1) is 10.7. The van der Waals surface area contributed by atoms with Gasteiger partial charge in [-0.2, -0.15) is 0 Å². The Labute approximate surface area is 94.3 Å². The maximum absolute atomic E-state index is 10.8. The van der Waals surface area contributed by atoms with Gasteiger partial charge in [0, 0.05) is 23.1 Å². The van der Waals surface area contributed by atoms with E-state index >= 15 is 0 Å². The summed E-state index contributed by atoms with van der Waals surface area (Å²) >= 11 is 0. The molecule has 0 aliphatic heterocycles. The van der Waals surface area contributed by atoms with E-state index in [9.17, 15) is 4.79 Å². The third-order valence-corrected chi connectivity index (χ3v) is 2.79. The number of nitrogens with zero attached hydrogens (tertiary/aromatic N) is 1. The molecule has 0 unspecified atom stereocenters. The van der Waals surface area contributed by atoms with Crippen molar-refractivity contribution in [1.82, 2.24) is 4.57 Å². The first-order chi connectivity index (χ1) is 7.61. The van der Waals surface area contributed by atoms with Gasteiger partial charge < -0.3 is 9.67 Å². The number of fused-ring (bicyclic) bond motifs is 1. The Morgan fingerprint density at radius 2 is 2.12 bits per heavy atom. The molecule has 3 nitrogen and oxygen atoms in total. The zero-order valence-corrected chi connectivity index (χ0v) is 9.53. The number of rotatable bonds is 3. The number of aryl methyl sites for hydroxylation is 2. The minimum absolute atomic E-state index is 0.0849. The van der Waals surface area contributed by atoms with Crippen LogP contribution in [0.15, 0.2) is 24.3 Å². The van der Waals surface area contributed by atoms with Gasteiger partial charge in [-0.05, 0) is 32.0 Å². The van der Waals surface area contributed by atoms with Crippen LogP contribution in [-0.4, -0.2) is 15.6 Å². The Morgan fingerprint density at radius 3 is 2.75 bits per heavy atom. The highest BCUT2D eigenvalue weighted by Crippen LogP contribution is 2.21. The monoisotopic (exact) mass is 217 g/mol. The van der Waals surface area contributed by atoms with Crippen molar-refractivity contribution < 1.29 is 9.90 Å². The van der Waals surface area contributed by atoms with E-state index < -0.39 is 5.97 Å². The fourth-order valence-electron chi connectivity index (χ4n) is 2.12. The topological polar surface area (TPSA) is 42.2 Å². The number of carbonyl (C=O) groups is 1. The first-order valence-corrected chi connectivity index (χ1v) is 5.42. The predicted molar refractivity (Wildman–Crippen MR) is 63.7 cm³/mol. The van der Waals surface area contributed by atoms with Gasteiger partial charge in [0.05, 0.1) is 6.42 Å². The van der Waals surface area contributed by atoms with Crippen LogP contribution in [0.25, 0.3) is 10.9 Å². The second-order valence-corrected chi connectivity index (χ2v) is 4.01. The van der Waals surface area contributed by atoms with Crippen LogP contribution >= 0.6 is 0 Å². The lowest BCUT2D eigenvalue weighted by Crippen LogP contribution is -2.06. The number of carboxylic acid groups (broad SMARTS) is 1. The standard InChI is InChI=1S/C13H15NO2/c1-3-14-11(8-13(15)16)7-10-6-9(2)4-5-12(10)14/h4-7H,3,8H2,1-2H3,(H,15,16). The SMILES string of the molecule is CCn1c(CC(=O)O)cc2cc(C)ccc21. The van der Waals surface area contributed by atoms with Gasteiger partial charge in [-0.15, -0.1) is 0 Å². The van der Waals surface area contributed by atoms with Crippen LogP contribution in [0.4, 0.5) is 0 Å². The molecule has 0 saturated carbocycles. The number of hydrogen-bond donors (Lipinski definition) is 1. The van der Waals surface area contributed by atoms with Gasteiger partial charge in [0.15, 0.2) is 0 Å². The number of benzene rings is 1. The van der Waals surface area contributed by atoms with Crippen molar-refractivity contribution in [1.29, 1.82) is 0 Å². The Morgan fingerprint density at radius 1 is 1.38 bits per heavy atom. The maximum atomic E-state index is 10.8. The molecule has 0 aliphatic rings. The highest BCUT2D eigenvalue weighted by molar-refractivity contribution is 5.83. The molecule has 0 atom stereocenters. The number of aliphatic carboxylic acids is 1. The van der Waals surface area contributed by atoms with Crippen molar-refractivity contribution in [2.75, 3.05) is 0 Å². The van der Waals surface area contributed by atoms with Crippen molar-refractivity contribution in [3.8, 4) is 0 Å². The molecule has 2 rings (SSSR count). The molecule has 0 spiro atoms. The minimum Gasteiger partial charge on any atom is -0.481 e. The molecule has 2 aromatic rings. The largest absolute Gasteiger partial charge is 0.481 e. The lowest BCUT2D eigenvalue weighted by atomic mass is 10.2. The van der Waals surface area contributed by atoms with Crippen molar-refractivity contribution >= 4 is 16.9 Å². The lowest BCUT2D eigenvalue weighted by Gasteiger charge is -2.05. The van der Waals surface area contributed by atoms with Crippen LogP contribution in [0.5, 0.6) is 0 Å². The molecule has 1 aromatic heterocycles. The van der Waals surface area contributed by atoms with Crippen LogP contribution < -0.4 is 0 Å². The Kier molecular flexibility index (Phi) is 2.69. The quantitative estimate of drug-likeness (QED) is 0.858. The molecule has 1 aromatic carbocycles. The number of carboxylic acids is 1. The maximum Gasteiger partial charge on any atom is 0.309 e. The fraction of sp³-hybridized carbons (Fsp3) is 0.308. The zero-order valence-electron chi connectivity index (χ0n) is 9.53. The summed E-state index contributed by atoms with van der Waals surface area (Å²) in [6.45, 7) is 4.87. The average Bonchev–Trinajstić information content (AvgIpc) is 2.52. The van der Waals surface area contributed by atoms with Crippen molar-refractivity contribution in [3.63, 3.8) is 0 Å². The highest BCUT2D eigenvalue weighted by atomic mass is 16.4. The minimum atomic E-state index is -0.783. The molecule has 84 valence electrons. The first-order valence-electron chi connectivity index (χ1n) is 5.42. The second kappa shape index (κ2) is 4.00.